The summed E-state index contributed by atoms with van der Waals surface area (Å²) in [5.41, 5.74) is -0.649. The molecule has 274 valence electrons. The van der Waals surface area contributed by atoms with Gasteiger partial charge >= 0.3 is 6.03 Å². The minimum absolute atomic E-state index is 0.0479. The number of nitrogens with one attached hydrogen (secondary N) is 4. The maximum atomic E-state index is 14.0. The third-order valence-electron chi connectivity index (χ3n) is 7.53. The Morgan fingerprint density at radius 3 is 2.17 bits per heavy atom. The Bertz CT molecular complexity index is 1080. The van der Waals surface area contributed by atoms with Crippen LogP contribution in [0.5, 0.6) is 0 Å². The van der Waals surface area contributed by atoms with Crippen molar-refractivity contribution in [3.05, 3.63) is 12.7 Å². The zero-order valence-electron chi connectivity index (χ0n) is 31.3. The van der Waals surface area contributed by atoms with E-state index in [1.54, 1.807) is 11.8 Å². The van der Waals surface area contributed by atoms with E-state index < -0.39 is 47.2 Å². The zero-order valence-corrected chi connectivity index (χ0v) is 32.1. The van der Waals surface area contributed by atoms with Crippen molar-refractivity contribution in [3.8, 4) is 12.3 Å². The normalized spacial score (nSPS) is 16.2. The number of hydrogen-bond donors (Lipinski definition) is 4. The van der Waals surface area contributed by atoms with Gasteiger partial charge in [0.15, 0.2) is 0 Å². The fraction of sp³-hybridized carbons (Fsp3) is 0.757. The van der Waals surface area contributed by atoms with Gasteiger partial charge in [-0.2, -0.15) is 11.8 Å². The first kappa shape index (κ1) is 45.0. The van der Waals surface area contributed by atoms with Gasteiger partial charge in [-0.15, -0.1) is 18.9 Å². The fourth-order valence-corrected chi connectivity index (χ4v) is 5.97. The van der Waals surface area contributed by atoms with Crippen molar-refractivity contribution in [2.24, 2.45) is 5.41 Å². The van der Waals surface area contributed by atoms with Gasteiger partial charge in [-0.05, 0) is 31.1 Å². The van der Waals surface area contributed by atoms with E-state index >= 15 is 0 Å². The number of terminal acetylenes is 1. The lowest BCUT2D eigenvalue weighted by Crippen LogP contribution is -2.60. The van der Waals surface area contributed by atoms with Gasteiger partial charge in [0.05, 0.1) is 6.04 Å². The summed E-state index contributed by atoms with van der Waals surface area (Å²) in [5.74, 6) is 0.647. The van der Waals surface area contributed by atoms with Crippen LogP contribution in [-0.4, -0.2) is 82.2 Å². The average Bonchev–Trinajstić information content (AvgIpc) is 3.50. The lowest BCUT2D eigenvalue weighted by Gasteiger charge is -2.36. The molecule has 5 amide bonds. The van der Waals surface area contributed by atoms with Crippen molar-refractivity contribution in [1.29, 1.82) is 0 Å². The third-order valence-corrected chi connectivity index (χ3v) is 8.96. The van der Waals surface area contributed by atoms with Crippen LogP contribution >= 0.6 is 11.8 Å². The molecule has 0 aromatic heterocycles. The number of rotatable bonds is 18. The van der Waals surface area contributed by atoms with E-state index in [-0.39, 0.29) is 36.1 Å². The number of ketones is 1. The molecule has 10 nitrogen and oxygen atoms in total. The number of carbonyl (C=O) groups is 5. The Morgan fingerprint density at radius 1 is 0.979 bits per heavy atom. The summed E-state index contributed by atoms with van der Waals surface area (Å²) in [6, 6.07) is -3.33. The van der Waals surface area contributed by atoms with Gasteiger partial charge in [-0.3, -0.25) is 19.2 Å². The summed E-state index contributed by atoms with van der Waals surface area (Å²) in [5, 5.41) is 11.1. The predicted octanol–water partition coefficient (Wildman–Crippen LogP) is 5.75. The van der Waals surface area contributed by atoms with Crippen molar-refractivity contribution in [2.45, 2.75) is 155 Å². The average molecular weight is 692 g/mol. The molecule has 0 spiro atoms. The molecule has 1 heterocycles. The number of thioether (sulfide) groups is 1. The Hall–Kier alpha value is -3.00. The Morgan fingerprint density at radius 2 is 1.62 bits per heavy atom. The van der Waals surface area contributed by atoms with Crippen LogP contribution in [0.25, 0.3) is 0 Å². The van der Waals surface area contributed by atoms with Crippen molar-refractivity contribution in [2.75, 3.05) is 18.8 Å². The second-order valence-electron chi connectivity index (χ2n) is 14.5. The molecule has 0 aromatic rings. The highest BCUT2D eigenvalue weighted by Gasteiger charge is 2.43. The first-order chi connectivity index (χ1) is 22.5. The van der Waals surface area contributed by atoms with Gasteiger partial charge in [0, 0.05) is 36.1 Å². The summed E-state index contributed by atoms with van der Waals surface area (Å²) >= 11 is 1.79. The maximum absolute atomic E-state index is 14.0. The molecule has 48 heavy (non-hydrogen) atoms. The molecule has 0 saturated carbocycles. The summed E-state index contributed by atoms with van der Waals surface area (Å²) in [6.45, 7) is 22.4. The van der Waals surface area contributed by atoms with Gasteiger partial charge in [-0.25, -0.2) is 4.79 Å². The van der Waals surface area contributed by atoms with Crippen LogP contribution in [0.1, 0.15) is 127 Å². The fourth-order valence-electron chi connectivity index (χ4n) is 5.02. The standard InChI is InChI=1S/C34H57N5O5S.C3H8/c1-10-13-15-16-18-24(23-45-34(7,8)9)36-32(44)38-28(33(4,5)6)31(43)39-22-17-20-26(39)29(41)37-25(19-14-11-2)27(40)30(42)35-21-12-3;1-3-2/h2,12,24-26,28H,3,10,13-23H2,1,4-9H3,(H,35,42)(H,37,41)(H2,36,38,44);3H2,1-2H3. The highest BCUT2D eigenvalue weighted by Crippen LogP contribution is 2.27. The molecule has 1 rings (SSSR count). The van der Waals surface area contributed by atoms with E-state index in [0.717, 1.165) is 37.9 Å². The van der Waals surface area contributed by atoms with E-state index in [9.17, 15) is 24.0 Å². The number of amides is 5. The van der Waals surface area contributed by atoms with Crippen molar-refractivity contribution >= 4 is 41.3 Å². The Balaban J connectivity index is 0.00000707. The molecule has 0 radical (unpaired) electrons. The Labute approximate surface area is 295 Å². The quantitative estimate of drug-likeness (QED) is 0.0626. The second-order valence-corrected chi connectivity index (χ2v) is 16.3. The van der Waals surface area contributed by atoms with Gasteiger partial charge in [-0.1, -0.05) is 100 Å². The molecule has 0 bridgehead atoms. The Kier molecular flexibility index (Phi) is 21.9. The number of nitrogens with zero attached hydrogens (tertiary/aromatic N) is 1. The van der Waals surface area contributed by atoms with Gasteiger partial charge in [0.25, 0.3) is 5.91 Å². The van der Waals surface area contributed by atoms with Crippen LogP contribution in [0.2, 0.25) is 0 Å². The number of hydrogen-bond acceptors (Lipinski definition) is 6. The van der Waals surface area contributed by atoms with Crippen molar-refractivity contribution in [1.82, 2.24) is 26.2 Å². The molecule has 4 unspecified atom stereocenters. The second kappa shape index (κ2) is 23.4. The van der Waals surface area contributed by atoms with Crippen LogP contribution in [0.4, 0.5) is 4.79 Å². The summed E-state index contributed by atoms with van der Waals surface area (Å²) in [6.07, 6.45) is 14.6. The molecule has 1 fully saturated rings. The van der Waals surface area contributed by atoms with Gasteiger partial charge < -0.3 is 26.2 Å². The number of unbranched alkanes of at least 4 members (excludes halogenated alkanes) is 3. The summed E-state index contributed by atoms with van der Waals surface area (Å²) in [4.78, 5) is 67.4. The topological polar surface area (TPSA) is 137 Å². The lowest BCUT2D eigenvalue weighted by molar-refractivity contribution is -0.143. The predicted molar refractivity (Wildman–Crippen MR) is 199 cm³/mol. The highest BCUT2D eigenvalue weighted by atomic mass is 32.2. The van der Waals surface area contributed by atoms with Crippen LogP contribution in [0.3, 0.4) is 0 Å². The lowest BCUT2D eigenvalue weighted by atomic mass is 9.85. The number of Topliss-reactive ketones (excluding diaryl/α,β-unsaturated/α-hetero) is 1. The highest BCUT2D eigenvalue weighted by molar-refractivity contribution is 8.00. The summed E-state index contributed by atoms with van der Waals surface area (Å²) < 4.78 is 0.0505. The first-order valence-corrected chi connectivity index (χ1v) is 18.6. The minimum Gasteiger partial charge on any atom is -0.346 e. The van der Waals surface area contributed by atoms with Crippen molar-refractivity contribution in [3.63, 3.8) is 0 Å². The van der Waals surface area contributed by atoms with E-state index in [1.807, 2.05) is 20.8 Å². The van der Waals surface area contributed by atoms with Crippen LogP contribution in [0.15, 0.2) is 12.7 Å². The molecule has 4 atom stereocenters. The number of carbonyl (C=O) groups excluding carboxylic acids is 5. The first-order valence-electron chi connectivity index (χ1n) is 17.6. The maximum Gasteiger partial charge on any atom is 0.315 e. The zero-order chi connectivity index (χ0) is 36.9. The molecule has 1 aliphatic heterocycles. The number of likely N-dealkylation sites (tertiary alicyclic amines) is 1. The van der Waals surface area contributed by atoms with Crippen LogP contribution in [-0.2, 0) is 19.2 Å². The van der Waals surface area contributed by atoms with Crippen molar-refractivity contribution < 1.29 is 24.0 Å². The van der Waals surface area contributed by atoms with Gasteiger partial charge in [0.2, 0.25) is 17.6 Å². The summed E-state index contributed by atoms with van der Waals surface area (Å²) in [7, 11) is 0. The molecule has 11 heteroatoms. The van der Waals surface area contributed by atoms with Crippen LogP contribution in [0, 0.1) is 17.8 Å². The molecular formula is C37H65N5O5S. The molecular weight excluding hydrogens is 627 g/mol. The SMILES string of the molecule is C#CCCC(NC(=O)C1CCCN1C(=O)C(NC(=O)NC(CCCCCC)CSC(C)(C)C)C(C)(C)C)C(=O)C(=O)NCC=C.CCC. The monoisotopic (exact) mass is 691 g/mol. The van der Waals surface area contributed by atoms with E-state index in [2.05, 4.69) is 75.3 Å². The largest absolute Gasteiger partial charge is 0.346 e. The molecule has 1 aliphatic rings. The molecule has 0 aromatic carbocycles. The van der Waals surface area contributed by atoms with E-state index in [1.165, 1.54) is 17.4 Å². The van der Waals surface area contributed by atoms with Crippen LogP contribution < -0.4 is 21.3 Å². The van der Waals surface area contributed by atoms with E-state index in [0.29, 0.717) is 19.4 Å². The molecule has 1 saturated heterocycles. The minimum atomic E-state index is -1.13. The molecule has 4 N–H and O–H groups in total. The smallest absolute Gasteiger partial charge is 0.315 e. The molecule has 0 aliphatic carbocycles. The van der Waals surface area contributed by atoms with E-state index in [4.69, 9.17) is 6.42 Å². The van der Waals surface area contributed by atoms with Gasteiger partial charge in [0.1, 0.15) is 12.1 Å². The third kappa shape index (κ3) is 18.0. The number of urea groups is 1.